The van der Waals surface area contributed by atoms with Gasteiger partial charge in [-0.2, -0.15) is 13.2 Å². The summed E-state index contributed by atoms with van der Waals surface area (Å²) in [6.07, 6.45) is -3.51. The van der Waals surface area contributed by atoms with Crippen LogP contribution in [0, 0.1) is 0 Å². The van der Waals surface area contributed by atoms with Crippen molar-refractivity contribution in [3.63, 3.8) is 0 Å². The van der Waals surface area contributed by atoms with Gasteiger partial charge in [0, 0.05) is 23.4 Å². The van der Waals surface area contributed by atoms with E-state index in [4.69, 9.17) is 0 Å². The van der Waals surface area contributed by atoms with Crippen molar-refractivity contribution < 1.29 is 22.8 Å². The van der Waals surface area contributed by atoms with Crippen molar-refractivity contribution in [3.8, 4) is 0 Å². The van der Waals surface area contributed by atoms with Crippen molar-refractivity contribution in [2.75, 3.05) is 10.6 Å². The van der Waals surface area contributed by atoms with Gasteiger partial charge >= 0.3 is 6.18 Å². The van der Waals surface area contributed by atoms with Crippen molar-refractivity contribution in [3.05, 3.63) is 59.2 Å². The van der Waals surface area contributed by atoms with Gasteiger partial charge in [-0.15, -0.1) is 0 Å². The molecule has 0 bridgehead atoms. The molecule has 2 N–H and O–H groups in total. The number of carbonyl (C=O) groups excluding carboxylic acids is 2. The van der Waals surface area contributed by atoms with Gasteiger partial charge in [-0.05, 0) is 54.4 Å². The van der Waals surface area contributed by atoms with Gasteiger partial charge in [0.15, 0.2) is 0 Å². The Labute approximate surface area is 135 Å². The lowest BCUT2D eigenvalue weighted by Crippen LogP contribution is -2.20. The first-order valence-electron chi connectivity index (χ1n) is 7.24. The third-order valence-electron chi connectivity index (χ3n) is 3.73. The number of anilines is 2. The van der Waals surface area contributed by atoms with Crippen LogP contribution in [0.2, 0.25) is 0 Å². The van der Waals surface area contributed by atoms with E-state index < -0.39 is 17.6 Å². The molecule has 0 saturated carbocycles. The maximum Gasteiger partial charge on any atom is 0.416 e. The lowest BCUT2D eigenvalue weighted by molar-refractivity contribution is -0.137. The van der Waals surface area contributed by atoms with Crippen LogP contribution in [0.3, 0.4) is 0 Å². The van der Waals surface area contributed by atoms with Gasteiger partial charge in [0.25, 0.3) is 5.91 Å². The maximum atomic E-state index is 12.5. The summed E-state index contributed by atoms with van der Waals surface area (Å²) in [6.45, 7) is 0. The minimum absolute atomic E-state index is 0.0653. The van der Waals surface area contributed by atoms with Crippen molar-refractivity contribution in [2.24, 2.45) is 0 Å². The molecule has 0 atom stereocenters. The Kier molecular flexibility index (Phi) is 4.01. The predicted octanol–water partition coefficient (Wildman–Crippen LogP) is 3.84. The smallest absolute Gasteiger partial charge is 0.326 e. The van der Waals surface area contributed by atoms with E-state index in [0.29, 0.717) is 24.1 Å². The quantitative estimate of drug-likeness (QED) is 0.877. The second-order valence-electron chi connectivity index (χ2n) is 5.45. The van der Waals surface area contributed by atoms with Crippen molar-refractivity contribution in [2.45, 2.75) is 19.0 Å². The Morgan fingerprint density at radius 2 is 1.75 bits per heavy atom. The number of nitrogens with one attached hydrogen (secondary N) is 2. The van der Waals surface area contributed by atoms with E-state index in [1.54, 1.807) is 18.2 Å². The molecule has 1 aliphatic rings. The van der Waals surface area contributed by atoms with Crippen LogP contribution in [0.25, 0.3) is 0 Å². The molecule has 1 heterocycles. The normalized spacial score (nSPS) is 13.9. The summed E-state index contributed by atoms with van der Waals surface area (Å²) in [5.41, 5.74) is 1.42. The first-order chi connectivity index (χ1) is 11.3. The summed E-state index contributed by atoms with van der Waals surface area (Å²) in [6, 6.07) is 9.13. The summed E-state index contributed by atoms with van der Waals surface area (Å²) in [4.78, 5) is 23.5. The summed E-state index contributed by atoms with van der Waals surface area (Å²) in [5.74, 6) is -0.487. The first kappa shape index (κ1) is 16.0. The molecule has 0 saturated heterocycles. The number of halogens is 3. The highest BCUT2D eigenvalue weighted by molar-refractivity contribution is 6.05. The Bertz CT molecular complexity index is 798. The molecule has 24 heavy (non-hydrogen) atoms. The summed E-state index contributed by atoms with van der Waals surface area (Å²) < 4.78 is 37.6. The van der Waals surface area contributed by atoms with Crippen LogP contribution in [0.4, 0.5) is 24.5 Å². The summed E-state index contributed by atoms with van der Waals surface area (Å²) in [7, 11) is 0. The fourth-order valence-electron chi connectivity index (χ4n) is 2.47. The van der Waals surface area contributed by atoms with Gasteiger partial charge in [-0.3, -0.25) is 9.59 Å². The third-order valence-corrected chi connectivity index (χ3v) is 3.73. The first-order valence-corrected chi connectivity index (χ1v) is 7.24. The average Bonchev–Trinajstić information content (AvgIpc) is 2.54. The highest BCUT2D eigenvalue weighted by atomic mass is 19.4. The fraction of sp³-hybridized carbons (Fsp3) is 0.176. The van der Waals surface area contributed by atoms with E-state index in [9.17, 15) is 22.8 Å². The third kappa shape index (κ3) is 3.40. The molecule has 0 unspecified atom stereocenters. The van der Waals surface area contributed by atoms with Gasteiger partial charge < -0.3 is 10.6 Å². The van der Waals surface area contributed by atoms with Gasteiger partial charge in [-0.25, -0.2) is 0 Å². The minimum Gasteiger partial charge on any atom is -0.326 e. The predicted molar refractivity (Wildman–Crippen MR) is 82.8 cm³/mol. The topological polar surface area (TPSA) is 58.2 Å². The number of rotatable bonds is 2. The number of hydrogen-bond donors (Lipinski definition) is 2. The van der Waals surface area contributed by atoms with E-state index in [1.165, 1.54) is 12.1 Å². The Balaban J connectivity index is 1.74. The fourth-order valence-corrected chi connectivity index (χ4v) is 2.47. The molecule has 4 nitrogen and oxygen atoms in total. The van der Waals surface area contributed by atoms with E-state index >= 15 is 0 Å². The van der Waals surface area contributed by atoms with Crippen LogP contribution in [-0.2, 0) is 17.4 Å². The van der Waals surface area contributed by atoms with Crippen LogP contribution in [-0.4, -0.2) is 11.8 Å². The molecule has 1 aliphatic heterocycles. The van der Waals surface area contributed by atoms with E-state index in [0.717, 1.165) is 17.7 Å². The minimum atomic E-state index is -4.41. The van der Waals surface area contributed by atoms with Gasteiger partial charge in [-0.1, -0.05) is 0 Å². The summed E-state index contributed by atoms with van der Waals surface area (Å²) in [5, 5.41) is 5.28. The van der Waals surface area contributed by atoms with Gasteiger partial charge in [0.05, 0.1) is 5.56 Å². The zero-order valence-electron chi connectivity index (χ0n) is 12.4. The molecule has 2 aromatic rings. The van der Waals surface area contributed by atoms with Crippen LogP contribution in [0.5, 0.6) is 0 Å². The summed E-state index contributed by atoms with van der Waals surface area (Å²) >= 11 is 0. The number of aryl methyl sites for hydroxylation is 1. The number of fused-ring (bicyclic) bond motifs is 1. The highest BCUT2D eigenvalue weighted by Gasteiger charge is 2.30. The molecule has 7 heteroatoms. The maximum absolute atomic E-state index is 12.5. The molecule has 2 aromatic carbocycles. The highest BCUT2D eigenvalue weighted by Crippen LogP contribution is 2.30. The SMILES string of the molecule is O=C1CCc2cc(C(=O)Nc3ccc(C(F)(F)F)cc3)ccc2N1. The zero-order chi connectivity index (χ0) is 17.3. The number of alkyl halides is 3. The van der Waals surface area contributed by atoms with Crippen LogP contribution in [0.1, 0.15) is 27.9 Å². The van der Waals surface area contributed by atoms with Crippen molar-refractivity contribution in [1.29, 1.82) is 0 Å². The number of hydrogen-bond acceptors (Lipinski definition) is 2. The molecule has 0 spiro atoms. The molecular formula is C17H13F3N2O2. The molecule has 2 amide bonds. The monoisotopic (exact) mass is 334 g/mol. The van der Waals surface area contributed by atoms with Crippen molar-refractivity contribution in [1.82, 2.24) is 0 Å². The largest absolute Gasteiger partial charge is 0.416 e. The van der Waals surface area contributed by atoms with Crippen LogP contribution >= 0.6 is 0 Å². The van der Waals surface area contributed by atoms with Gasteiger partial charge in [0.1, 0.15) is 0 Å². The second kappa shape index (κ2) is 5.99. The Hall–Kier alpha value is -2.83. The molecule has 0 radical (unpaired) electrons. The molecule has 3 rings (SSSR count). The number of amides is 2. The molecule has 0 fully saturated rings. The number of carbonyl (C=O) groups is 2. The average molecular weight is 334 g/mol. The Morgan fingerprint density at radius 3 is 2.42 bits per heavy atom. The molecule has 0 aliphatic carbocycles. The zero-order valence-corrected chi connectivity index (χ0v) is 12.4. The second-order valence-corrected chi connectivity index (χ2v) is 5.45. The lowest BCUT2D eigenvalue weighted by Gasteiger charge is -2.17. The lowest BCUT2D eigenvalue weighted by atomic mass is 10.00. The van der Waals surface area contributed by atoms with Crippen LogP contribution < -0.4 is 10.6 Å². The molecular weight excluding hydrogens is 321 g/mol. The van der Waals surface area contributed by atoms with E-state index in [-0.39, 0.29) is 11.6 Å². The van der Waals surface area contributed by atoms with Crippen molar-refractivity contribution >= 4 is 23.2 Å². The molecule has 0 aromatic heterocycles. The van der Waals surface area contributed by atoms with Crippen LogP contribution in [0.15, 0.2) is 42.5 Å². The van der Waals surface area contributed by atoms with Gasteiger partial charge in [0.2, 0.25) is 5.91 Å². The Morgan fingerprint density at radius 1 is 1.04 bits per heavy atom. The standard InChI is InChI=1S/C17H13F3N2O2/c18-17(19,20)12-3-5-13(6-4-12)21-16(24)11-1-7-14-10(9-11)2-8-15(23)22-14/h1,3-7,9H,2,8H2,(H,21,24)(H,22,23). The van der Waals surface area contributed by atoms with E-state index in [2.05, 4.69) is 10.6 Å². The van der Waals surface area contributed by atoms with E-state index in [1.807, 2.05) is 0 Å². The molecule has 124 valence electrons. The number of benzene rings is 2.